The van der Waals surface area contributed by atoms with Gasteiger partial charge in [0.2, 0.25) is 0 Å². The SMILES string of the molecule is CCCCN1C(=O)C(=C2Sc3ccc(OC)cc3N2C)SC1=Nc1ccc(N(CC)CC)cc1. The maximum atomic E-state index is 13.5. The minimum absolute atomic E-state index is 0.0334. The van der Waals surface area contributed by atoms with Crippen LogP contribution in [0.4, 0.5) is 17.1 Å². The summed E-state index contributed by atoms with van der Waals surface area (Å²) in [5.41, 5.74) is 3.10. The van der Waals surface area contributed by atoms with Gasteiger partial charge in [-0.2, -0.15) is 0 Å². The van der Waals surface area contributed by atoms with Gasteiger partial charge in [-0.05, 0) is 68.4 Å². The largest absolute Gasteiger partial charge is 0.497 e. The first kappa shape index (κ1) is 24.5. The molecule has 1 fully saturated rings. The highest BCUT2D eigenvalue weighted by Crippen LogP contribution is 2.51. The molecule has 6 nitrogen and oxygen atoms in total. The highest BCUT2D eigenvalue weighted by Gasteiger charge is 2.39. The van der Waals surface area contributed by atoms with Crippen LogP contribution in [0.3, 0.4) is 0 Å². The number of methoxy groups -OCH3 is 1. The maximum Gasteiger partial charge on any atom is 0.269 e. The van der Waals surface area contributed by atoms with Crippen LogP contribution in [-0.2, 0) is 4.79 Å². The smallest absolute Gasteiger partial charge is 0.269 e. The Hall–Kier alpha value is -2.58. The molecule has 2 aliphatic heterocycles. The molecular formula is C26H32N4O2S2. The summed E-state index contributed by atoms with van der Waals surface area (Å²) < 4.78 is 5.40. The minimum Gasteiger partial charge on any atom is -0.497 e. The molecule has 1 saturated heterocycles. The average molecular weight is 497 g/mol. The Labute approximate surface area is 211 Å². The number of anilines is 2. The van der Waals surface area contributed by atoms with Crippen molar-refractivity contribution >= 4 is 51.7 Å². The Morgan fingerprint density at radius 3 is 2.41 bits per heavy atom. The molecule has 2 aromatic rings. The van der Waals surface area contributed by atoms with Crippen LogP contribution in [0.2, 0.25) is 0 Å². The number of amides is 1. The molecule has 0 spiro atoms. The van der Waals surface area contributed by atoms with E-state index in [1.54, 1.807) is 18.9 Å². The van der Waals surface area contributed by atoms with E-state index in [0.717, 1.165) is 63.1 Å². The maximum absolute atomic E-state index is 13.5. The number of benzene rings is 2. The highest BCUT2D eigenvalue weighted by molar-refractivity contribution is 8.19. The summed E-state index contributed by atoms with van der Waals surface area (Å²) in [7, 11) is 3.67. The van der Waals surface area contributed by atoms with E-state index in [9.17, 15) is 4.79 Å². The van der Waals surface area contributed by atoms with Gasteiger partial charge in [0.25, 0.3) is 5.91 Å². The standard InChI is InChI=1S/C26H32N4O2S2/c1-6-9-16-30-24(31)23(25-28(4)21-17-20(32-5)14-15-22(21)33-25)34-26(30)27-18-10-12-19(13-11-18)29(7-2)8-3/h10-15,17H,6-9,16H2,1-5H3. The lowest BCUT2D eigenvalue weighted by atomic mass is 10.2. The van der Waals surface area contributed by atoms with E-state index >= 15 is 0 Å². The number of hydrogen-bond acceptors (Lipinski definition) is 7. The van der Waals surface area contributed by atoms with Crippen LogP contribution in [0.5, 0.6) is 5.75 Å². The first-order chi connectivity index (χ1) is 16.5. The molecule has 4 rings (SSSR count). The molecule has 2 aromatic carbocycles. The molecule has 8 heteroatoms. The summed E-state index contributed by atoms with van der Waals surface area (Å²) >= 11 is 3.11. The van der Waals surface area contributed by atoms with Crippen LogP contribution in [0.1, 0.15) is 33.6 Å². The first-order valence-electron chi connectivity index (χ1n) is 11.8. The number of carbonyl (C=O) groups excluding carboxylic acids is 1. The number of carbonyl (C=O) groups is 1. The summed E-state index contributed by atoms with van der Waals surface area (Å²) in [6, 6.07) is 14.3. The number of hydrogen-bond donors (Lipinski definition) is 0. The molecule has 0 N–H and O–H groups in total. The van der Waals surface area contributed by atoms with Crippen molar-refractivity contribution in [3.8, 4) is 5.75 Å². The Morgan fingerprint density at radius 2 is 1.76 bits per heavy atom. The molecule has 1 amide bonds. The fraction of sp³-hybridized carbons (Fsp3) is 0.385. The van der Waals surface area contributed by atoms with Gasteiger partial charge in [-0.1, -0.05) is 25.1 Å². The second-order valence-electron chi connectivity index (χ2n) is 8.12. The van der Waals surface area contributed by atoms with E-state index in [1.807, 2.05) is 42.3 Å². The fourth-order valence-electron chi connectivity index (χ4n) is 4.02. The topological polar surface area (TPSA) is 48.4 Å². The predicted octanol–water partition coefficient (Wildman–Crippen LogP) is 6.32. The van der Waals surface area contributed by atoms with E-state index in [0.29, 0.717) is 6.54 Å². The van der Waals surface area contributed by atoms with Crippen molar-refractivity contribution < 1.29 is 9.53 Å². The Morgan fingerprint density at radius 1 is 1.03 bits per heavy atom. The van der Waals surface area contributed by atoms with Crippen molar-refractivity contribution in [3.63, 3.8) is 0 Å². The number of amidine groups is 1. The molecular weight excluding hydrogens is 464 g/mol. The van der Waals surface area contributed by atoms with E-state index < -0.39 is 0 Å². The number of unbranched alkanes of at least 4 members (excludes halogenated alkanes) is 1. The summed E-state index contributed by atoms with van der Waals surface area (Å²) in [4.78, 5) is 26.5. The molecule has 180 valence electrons. The van der Waals surface area contributed by atoms with Gasteiger partial charge < -0.3 is 14.5 Å². The van der Waals surface area contributed by atoms with Crippen molar-refractivity contribution in [2.75, 3.05) is 43.6 Å². The molecule has 0 aliphatic carbocycles. The van der Waals surface area contributed by atoms with Crippen molar-refractivity contribution in [1.82, 2.24) is 4.90 Å². The number of nitrogens with zero attached hydrogens (tertiary/aromatic N) is 4. The van der Waals surface area contributed by atoms with Gasteiger partial charge in [0.15, 0.2) is 5.17 Å². The zero-order valence-electron chi connectivity index (χ0n) is 20.5. The molecule has 0 unspecified atom stereocenters. The van der Waals surface area contributed by atoms with Gasteiger partial charge in [-0.25, -0.2) is 4.99 Å². The van der Waals surface area contributed by atoms with E-state index in [4.69, 9.17) is 9.73 Å². The normalized spacial score (nSPS) is 18.7. The van der Waals surface area contributed by atoms with Crippen LogP contribution < -0.4 is 14.5 Å². The van der Waals surface area contributed by atoms with Crippen molar-refractivity contribution in [3.05, 3.63) is 52.4 Å². The van der Waals surface area contributed by atoms with Gasteiger partial charge in [0.1, 0.15) is 10.7 Å². The van der Waals surface area contributed by atoms with Crippen molar-refractivity contribution in [2.24, 2.45) is 4.99 Å². The average Bonchev–Trinajstić information content (AvgIpc) is 3.34. The third-order valence-corrected chi connectivity index (χ3v) is 8.47. The molecule has 2 aliphatic rings. The molecule has 0 radical (unpaired) electrons. The van der Waals surface area contributed by atoms with Gasteiger partial charge in [-0.15, -0.1) is 0 Å². The zero-order chi connectivity index (χ0) is 24.2. The molecule has 0 atom stereocenters. The van der Waals surface area contributed by atoms with Crippen molar-refractivity contribution in [2.45, 2.75) is 38.5 Å². The summed E-state index contributed by atoms with van der Waals surface area (Å²) in [6.07, 6.45) is 1.96. The quantitative estimate of drug-likeness (QED) is 0.399. The lowest BCUT2D eigenvalue weighted by Crippen LogP contribution is -2.30. The minimum atomic E-state index is 0.0334. The summed E-state index contributed by atoms with van der Waals surface area (Å²) in [5, 5.41) is 1.70. The van der Waals surface area contributed by atoms with Crippen LogP contribution in [0, 0.1) is 0 Å². The predicted molar refractivity (Wildman–Crippen MR) is 146 cm³/mol. The highest BCUT2D eigenvalue weighted by atomic mass is 32.2. The van der Waals surface area contributed by atoms with E-state index in [2.05, 4.69) is 42.7 Å². The molecule has 34 heavy (non-hydrogen) atoms. The van der Waals surface area contributed by atoms with E-state index in [1.165, 1.54) is 17.4 Å². The van der Waals surface area contributed by atoms with Crippen LogP contribution in [-0.4, -0.2) is 49.8 Å². The summed E-state index contributed by atoms with van der Waals surface area (Å²) in [6.45, 7) is 9.06. The van der Waals surface area contributed by atoms with Crippen LogP contribution in [0.25, 0.3) is 0 Å². The lowest BCUT2D eigenvalue weighted by Gasteiger charge is -2.21. The second-order valence-corrected chi connectivity index (χ2v) is 10.1. The molecule has 2 heterocycles. The van der Waals surface area contributed by atoms with Gasteiger partial charge in [-0.3, -0.25) is 9.69 Å². The Bertz CT molecular complexity index is 1110. The Balaban J connectivity index is 1.66. The van der Waals surface area contributed by atoms with Crippen LogP contribution in [0.15, 0.2) is 62.3 Å². The number of aliphatic imine (C=N–C) groups is 1. The first-order valence-corrected chi connectivity index (χ1v) is 13.4. The molecule has 0 saturated carbocycles. The lowest BCUT2D eigenvalue weighted by molar-refractivity contribution is -0.122. The van der Waals surface area contributed by atoms with Crippen LogP contribution >= 0.6 is 23.5 Å². The van der Waals surface area contributed by atoms with Gasteiger partial charge >= 0.3 is 0 Å². The fourth-order valence-corrected chi connectivity index (χ4v) is 6.37. The van der Waals surface area contributed by atoms with Gasteiger partial charge in [0.05, 0.1) is 23.5 Å². The summed E-state index contributed by atoms with van der Waals surface area (Å²) in [5.74, 6) is 0.842. The zero-order valence-corrected chi connectivity index (χ0v) is 22.1. The third kappa shape index (κ3) is 4.79. The van der Waals surface area contributed by atoms with Gasteiger partial charge in [0, 0.05) is 43.3 Å². The number of thioether (sulfide) groups is 2. The monoisotopic (exact) mass is 496 g/mol. The van der Waals surface area contributed by atoms with E-state index in [-0.39, 0.29) is 5.91 Å². The third-order valence-electron chi connectivity index (χ3n) is 6.03. The Kier molecular flexibility index (Phi) is 7.78. The second kappa shape index (κ2) is 10.8. The molecule has 0 bridgehead atoms. The number of ether oxygens (including phenoxy) is 1. The number of rotatable bonds is 8. The number of fused-ring (bicyclic) bond motifs is 1. The molecule has 0 aromatic heterocycles. The van der Waals surface area contributed by atoms with Crippen molar-refractivity contribution in [1.29, 1.82) is 0 Å².